The van der Waals surface area contributed by atoms with E-state index < -0.39 is 22.5 Å². The van der Waals surface area contributed by atoms with Gasteiger partial charge in [0.1, 0.15) is 0 Å². The van der Waals surface area contributed by atoms with Gasteiger partial charge in [0.2, 0.25) is 0 Å². The molecule has 0 fully saturated rings. The molecule has 0 aliphatic heterocycles. The molecule has 21 heavy (non-hydrogen) atoms. The predicted molar refractivity (Wildman–Crippen MR) is 78.2 cm³/mol. The number of benzene rings is 1. The summed E-state index contributed by atoms with van der Waals surface area (Å²) in [6, 6.07) is 2.04. The highest BCUT2D eigenvalue weighted by Gasteiger charge is 2.20. The molecule has 0 saturated heterocycles. The van der Waals surface area contributed by atoms with Crippen molar-refractivity contribution >= 4 is 11.4 Å². The Morgan fingerprint density at radius 3 is 2.52 bits per heavy atom. The molecule has 0 radical (unpaired) electrons. The van der Waals surface area contributed by atoms with Gasteiger partial charge in [0, 0.05) is 12.6 Å². The molecule has 1 aromatic rings. The van der Waals surface area contributed by atoms with E-state index in [-0.39, 0.29) is 23.9 Å². The summed E-state index contributed by atoms with van der Waals surface area (Å²) in [5.74, 6) is -0.652. The van der Waals surface area contributed by atoms with E-state index in [9.17, 15) is 19.6 Å². The van der Waals surface area contributed by atoms with Crippen LogP contribution in [-0.2, 0) is 0 Å². The number of halogens is 1. The summed E-state index contributed by atoms with van der Waals surface area (Å²) in [6.07, 6.45) is 1.04. The van der Waals surface area contributed by atoms with Crippen LogP contribution in [0.5, 0.6) is 5.75 Å². The number of rotatable bonds is 8. The van der Waals surface area contributed by atoms with E-state index in [4.69, 9.17) is 4.74 Å². The predicted octanol–water partition coefficient (Wildman–Crippen LogP) is 2.95. The lowest BCUT2D eigenvalue weighted by Crippen LogP contribution is -2.28. The van der Waals surface area contributed by atoms with E-state index in [0.717, 1.165) is 18.9 Å². The third kappa shape index (κ3) is 4.29. The van der Waals surface area contributed by atoms with Crippen LogP contribution in [0.4, 0.5) is 15.8 Å². The van der Waals surface area contributed by atoms with Crippen LogP contribution in [-0.4, -0.2) is 29.8 Å². The molecule has 1 atom stereocenters. The number of hydrogen-bond donors (Lipinski definition) is 2. The summed E-state index contributed by atoms with van der Waals surface area (Å²) in [5.41, 5.74) is -0.358. The number of methoxy groups -OCH3 is 1. The summed E-state index contributed by atoms with van der Waals surface area (Å²) < 4.78 is 18.7. The van der Waals surface area contributed by atoms with Gasteiger partial charge in [-0.05, 0) is 5.92 Å². The van der Waals surface area contributed by atoms with E-state index in [1.54, 1.807) is 0 Å². The van der Waals surface area contributed by atoms with E-state index in [0.29, 0.717) is 0 Å². The number of aliphatic hydroxyl groups is 1. The smallest absolute Gasteiger partial charge is 0.313 e. The van der Waals surface area contributed by atoms with Crippen LogP contribution in [0.2, 0.25) is 0 Å². The normalized spacial score (nSPS) is 12.3. The lowest BCUT2D eigenvalue weighted by atomic mass is 9.96. The van der Waals surface area contributed by atoms with Gasteiger partial charge in [0.15, 0.2) is 11.6 Å². The van der Waals surface area contributed by atoms with Crippen LogP contribution >= 0.6 is 0 Å². The Bertz CT molecular complexity index is 492. The lowest BCUT2D eigenvalue weighted by Gasteiger charge is -2.21. The van der Waals surface area contributed by atoms with Gasteiger partial charge in [-0.25, -0.2) is 4.39 Å². The van der Waals surface area contributed by atoms with Crippen LogP contribution in [0.15, 0.2) is 12.1 Å². The number of aliphatic hydroxyl groups excluding tert-OH is 1. The van der Waals surface area contributed by atoms with Gasteiger partial charge >= 0.3 is 5.69 Å². The summed E-state index contributed by atoms with van der Waals surface area (Å²) in [4.78, 5) is 10.1. The molecule has 7 heteroatoms. The SMILES string of the molecule is CCC(CC)C(O)CNc1cc(OC)c([N+](=O)[O-])cc1F. The molecule has 0 aromatic heterocycles. The molecule has 0 saturated carbocycles. The quantitative estimate of drug-likeness (QED) is 0.569. The summed E-state index contributed by atoms with van der Waals surface area (Å²) in [6.45, 7) is 4.13. The van der Waals surface area contributed by atoms with Crippen LogP contribution in [0.25, 0.3) is 0 Å². The van der Waals surface area contributed by atoms with Crippen molar-refractivity contribution < 1.29 is 19.2 Å². The Morgan fingerprint density at radius 2 is 2.05 bits per heavy atom. The monoisotopic (exact) mass is 300 g/mol. The van der Waals surface area contributed by atoms with Crippen molar-refractivity contribution in [2.24, 2.45) is 5.92 Å². The van der Waals surface area contributed by atoms with Gasteiger partial charge < -0.3 is 15.2 Å². The fourth-order valence-corrected chi connectivity index (χ4v) is 2.20. The first kappa shape index (κ1) is 17.2. The van der Waals surface area contributed by atoms with Gasteiger partial charge in [-0.3, -0.25) is 10.1 Å². The molecule has 0 bridgehead atoms. The number of anilines is 1. The zero-order valence-electron chi connectivity index (χ0n) is 12.4. The van der Waals surface area contributed by atoms with Gasteiger partial charge in [0.25, 0.3) is 0 Å². The minimum atomic E-state index is -0.751. The maximum atomic E-state index is 13.8. The average molecular weight is 300 g/mol. The van der Waals surface area contributed by atoms with Gasteiger partial charge in [0.05, 0.1) is 29.9 Å². The van der Waals surface area contributed by atoms with Gasteiger partial charge in [-0.1, -0.05) is 26.7 Å². The molecule has 2 N–H and O–H groups in total. The molecular formula is C14H21FN2O4. The molecule has 0 spiro atoms. The molecule has 0 heterocycles. The second-order valence-corrected chi connectivity index (χ2v) is 4.79. The molecular weight excluding hydrogens is 279 g/mol. The molecule has 0 aliphatic rings. The number of nitro groups is 1. The minimum absolute atomic E-state index is 0.0269. The molecule has 6 nitrogen and oxygen atoms in total. The Kier molecular flexibility index (Phi) is 6.36. The van der Waals surface area contributed by atoms with E-state index >= 15 is 0 Å². The number of hydrogen-bond acceptors (Lipinski definition) is 5. The van der Waals surface area contributed by atoms with Crippen molar-refractivity contribution in [3.8, 4) is 5.75 Å². The molecule has 0 aliphatic carbocycles. The first-order valence-electron chi connectivity index (χ1n) is 6.88. The number of ether oxygens (including phenoxy) is 1. The highest BCUT2D eigenvalue weighted by atomic mass is 19.1. The van der Waals surface area contributed by atoms with Crippen molar-refractivity contribution in [1.82, 2.24) is 0 Å². The van der Waals surface area contributed by atoms with E-state index in [2.05, 4.69) is 5.32 Å². The molecule has 1 aromatic carbocycles. The summed E-state index contributed by atoms with van der Waals surface area (Å²) in [7, 11) is 1.28. The number of nitro benzene ring substituents is 1. The zero-order valence-corrected chi connectivity index (χ0v) is 12.4. The molecule has 1 unspecified atom stereocenters. The van der Waals surface area contributed by atoms with E-state index in [1.807, 2.05) is 13.8 Å². The summed E-state index contributed by atoms with van der Waals surface area (Å²) in [5, 5.41) is 23.6. The highest BCUT2D eigenvalue weighted by molar-refractivity contribution is 5.59. The van der Waals surface area contributed by atoms with Gasteiger partial charge in [-0.15, -0.1) is 0 Å². The Hall–Kier alpha value is -1.89. The topological polar surface area (TPSA) is 84.6 Å². The second-order valence-electron chi connectivity index (χ2n) is 4.79. The molecule has 1 rings (SSSR count). The van der Waals surface area contributed by atoms with Crippen molar-refractivity contribution in [1.29, 1.82) is 0 Å². The Labute approximate surface area is 123 Å². The summed E-state index contributed by atoms with van der Waals surface area (Å²) >= 11 is 0. The van der Waals surface area contributed by atoms with Crippen LogP contribution in [0.3, 0.4) is 0 Å². The minimum Gasteiger partial charge on any atom is -0.490 e. The van der Waals surface area contributed by atoms with Crippen molar-refractivity contribution in [3.05, 3.63) is 28.1 Å². The second kappa shape index (κ2) is 7.78. The first-order chi connectivity index (χ1) is 9.94. The number of nitrogens with zero attached hydrogens (tertiary/aromatic N) is 1. The third-order valence-electron chi connectivity index (χ3n) is 3.56. The fraction of sp³-hybridized carbons (Fsp3) is 0.571. The molecule has 118 valence electrons. The standard InChI is InChI=1S/C14H21FN2O4/c1-4-9(5-2)13(18)8-16-11-7-14(21-3)12(17(19)20)6-10(11)15/h6-7,9,13,16,18H,4-5,8H2,1-3H3. The van der Waals surface area contributed by atoms with Crippen LogP contribution < -0.4 is 10.1 Å². The highest BCUT2D eigenvalue weighted by Crippen LogP contribution is 2.32. The zero-order chi connectivity index (χ0) is 16.0. The third-order valence-corrected chi connectivity index (χ3v) is 3.56. The largest absolute Gasteiger partial charge is 0.490 e. The van der Waals surface area contributed by atoms with Crippen molar-refractivity contribution in [2.75, 3.05) is 19.0 Å². The molecule has 0 amide bonds. The van der Waals surface area contributed by atoms with Crippen molar-refractivity contribution in [3.63, 3.8) is 0 Å². The van der Waals surface area contributed by atoms with Crippen molar-refractivity contribution in [2.45, 2.75) is 32.8 Å². The van der Waals surface area contributed by atoms with Crippen LogP contribution in [0.1, 0.15) is 26.7 Å². The Balaban J connectivity index is 2.87. The van der Waals surface area contributed by atoms with Gasteiger partial charge in [-0.2, -0.15) is 0 Å². The lowest BCUT2D eigenvalue weighted by molar-refractivity contribution is -0.385. The maximum Gasteiger partial charge on any atom is 0.313 e. The van der Waals surface area contributed by atoms with Crippen LogP contribution in [0, 0.1) is 21.8 Å². The van der Waals surface area contributed by atoms with E-state index in [1.165, 1.54) is 13.2 Å². The first-order valence-corrected chi connectivity index (χ1v) is 6.88. The number of nitrogens with one attached hydrogen (secondary N) is 1. The average Bonchev–Trinajstić information content (AvgIpc) is 2.46. The maximum absolute atomic E-state index is 13.8. The Morgan fingerprint density at radius 1 is 1.43 bits per heavy atom. The fourth-order valence-electron chi connectivity index (χ4n) is 2.20.